The van der Waals surface area contributed by atoms with Crippen LogP contribution in [0, 0.1) is 10.7 Å². The number of thiocyanates is 1. The fourth-order valence-electron chi connectivity index (χ4n) is 1.76. The Kier molecular flexibility index (Phi) is 3.63. The molecule has 1 aliphatic carbocycles. The van der Waals surface area contributed by atoms with Crippen molar-refractivity contribution in [1.82, 2.24) is 0 Å². The van der Waals surface area contributed by atoms with Crippen molar-refractivity contribution in [2.24, 2.45) is 0 Å². The van der Waals surface area contributed by atoms with E-state index in [0.29, 0.717) is 0 Å². The van der Waals surface area contributed by atoms with Gasteiger partial charge in [-0.05, 0) is 24.6 Å². The van der Waals surface area contributed by atoms with Crippen LogP contribution in [0.3, 0.4) is 0 Å². The fourth-order valence-corrected chi connectivity index (χ4v) is 4.52. The second kappa shape index (κ2) is 4.34. The average molecular weight is 219 g/mol. The molecular weight excluding hydrogens is 206 g/mol. The highest BCUT2D eigenvalue weighted by atomic mass is 32.2. The summed E-state index contributed by atoms with van der Waals surface area (Å²) in [5, 5.41) is 10.2. The van der Waals surface area contributed by atoms with Gasteiger partial charge in [-0.15, -0.1) is 0 Å². The highest BCUT2D eigenvalue weighted by molar-refractivity contribution is 8.05. The summed E-state index contributed by atoms with van der Waals surface area (Å²) in [4.78, 5) is 0. The van der Waals surface area contributed by atoms with Crippen molar-refractivity contribution in [3.05, 3.63) is 0 Å². The van der Waals surface area contributed by atoms with E-state index in [1.807, 2.05) is 5.40 Å². The largest absolute Gasteiger partial charge is 0.229 e. The lowest BCUT2D eigenvalue weighted by molar-refractivity contribution is 0.496. The van der Waals surface area contributed by atoms with Crippen molar-refractivity contribution < 1.29 is 8.42 Å². The normalized spacial score (nSPS) is 29.5. The third-order valence-electron chi connectivity index (χ3n) is 2.40. The molecule has 74 valence electrons. The SMILES string of the molecule is CS(=O)(=O)[C@@H]1CCCC[C@H]1SC#N. The van der Waals surface area contributed by atoms with Gasteiger partial charge in [-0.25, -0.2) is 8.42 Å². The molecule has 1 fully saturated rings. The van der Waals surface area contributed by atoms with E-state index in [9.17, 15) is 8.42 Å². The minimum Gasteiger partial charge on any atom is -0.229 e. The van der Waals surface area contributed by atoms with Gasteiger partial charge in [-0.3, -0.25) is 0 Å². The molecule has 0 aromatic carbocycles. The van der Waals surface area contributed by atoms with E-state index in [-0.39, 0.29) is 10.5 Å². The van der Waals surface area contributed by atoms with Crippen molar-refractivity contribution in [3.8, 4) is 5.40 Å². The van der Waals surface area contributed by atoms with Crippen LogP contribution in [0.1, 0.15) is 25.7 Å². The van der Waals surface area contributed by atoms with Gasteiger partial charge < -0.3 is 0 Å². The van der Waals surface area contributed by atoms with Crippen LogP contribution in [0.5, 0.6) is 0 Å². The molecular formula is C8H13NO2S2. The van der Waals surface area contributed by atoms with Gasteiger partial charge in [0.15, 0.2) is 9.84 Å². The van der Waals surface area contributed by atoms with Gasteiger partial charge in [0.05, 0.1) is 5.25 Å². The molecule has 1 aliphatic rings. The van der Waals surface area contributed by atoms with E-state index in [2.05, 4.69) is 0 Å². The zero-order valence-electron chi connectivity index (χ0n) is 7.56. The first-order valence-corrected chi connectivity index (χ1v) is 7.12. The smallest absolute Gasteiger partial charge is 0.151 e. The predicted octanol–water partition coefficient (Wildman–Crippen LogP) is 1.56. The first-order chi connectivity index (χ1) is 6.05. The predicted molar refractivity (Wildman–Crippen MR) is 54.1 cm³/mol. The number of sulfone groups is 1. The standard InChI is InChI=1S/C8H13NO2S2/c1-13(10,11)8-5-3-2-4-7(8)12-6-9/h7-8H,2-5H2,1H3/t7-,8-/m1/s1. The molecule has 5 heteroatoms. The van der Waals surface area contributed by atoms with E-state index in [4.69, 9.17) is 5.26 Å². The molecule has 0 radical (unpaired) electrons. The monoisotopic (exact) mass is 219 g/mol. The Bertz CT molecular complexity index is 305. The van der Waals surface area contributed by atoms with E-state index in [0.717, 1.165) is 37.4 Å². The van der Waals surface area contributed by atoms with Gasteiger partial charge in [-0.1, -0.05) is 12.8 Å². The van der Waals surface area contributed by atoms with Gasteiger partial charge in [0.2, 0.25) is 0 Å². The Morgan fingerprint density at radius 2 is 2.00 bits per heavy atom. The maximum atomic E-state index is 11.3. The van der Waals surface area contributed by atoms with Crippen LogP contribution in [-0.4, -0.2) is 25.2 Å². The molecule has 0 spiro atoms. The summed E-state index contributed by atoms with van der Waals surface area (Å²) in [5.74, 6) is 0. The summed E-state index contributed by atoms with van der Waals surface area (Å²) in [6.07, 6.45) is 4.87. The second-order valence-electron chi connectivity index (χ2n) is 3.40. The van der Waals surface area contributed by atoms with E-state index >= 15 is 0 Å². The minimum absolute atomic E-state index is 0.00579. The molecule has 0 aromatic heterocycles. The maximum absolute atomic E-state index is 11.3. The van der Waals surface area contributed by atoms with Crippen molar-refractivity contribution in [2.45, 2.75) is 36.2 Å². The Labute approximate surface area is 83.4 Å². The number of nitriles is 1. The lowest BCUT2D eigenvalue weighted by Crippen LogP contribution is -2.33. The molecule has 0 saturated heterocycles. The highest BCUT2D eigenvalue weighted by Gasteiger charge is 2.33. The summed E-state index contributed by atoms with van der Waals surface area (Å²) in [6.45, 7) is 0. The number of hydrogen-bond acceptors (Lipinski definition) is 4. The molecule has 0 aromatic rings. The molecule has 3 nitrogen and oxygen atoms in total. The lowest BCUT2D eigenvalue weighted by atomic mass is 10.00. The maximum Gasteiger partial charge on any atom is 0.151 e. The zero-order valence-corrected chi connectivity index (χ0v) is 9.20. The van der Waals surface area contributed by atoms with Crippen molar-refractivity contribution in [3.63, 3.8) is 0 Å². The molecule has 0 unspecified atom stereocenters. The van der Waals surface area contributed by atoms with Gasteiger partial charge >= 0.3 is 0 Å². The molecule has 2 atom stereocenters. The van der Waals surface area contributed by atoms with E-state index in [1.54, 1.807) is 0 Å². The van der Waals surface area contributed by atoms with E-state index in [1.165, 1.54) is 6.26 Å². The van der Waals surface area contributed by atoms with Crippen LogP contribution in [0.4, 0.5) is 0 Å². The zero-order chi connectivity index (χ0) is 9.90. The molecule has 13 heavy (non-hydrogen) atoms. The Hall–Kier alpha value is -0.210. The Morgan fingerprint density at radius 1 is 1.38 bits per heavy atom. The first-order valence-electron chi connectivity index (χ1n) is 4.29. The van der Waals surface area contributed by atoms with Gasteiger partial charge in [0.1, 0.15) is 5.40 Å². The Morgan fingerprint density at radius 3 is 2.54 bits per heavy atom. The topological polar surface area (TPSA) is 57.9 Å². The van der Waals surface area contributed by atoms with Gasteiger partial charge in [-0.2, -0.15) is 5.26 Å². The van der Waals surface area contributed by atoms with Crippen molar-refractivity contribution in [2.75, 3.05) is 6.26 Å². The molecule has 0 aliphatic heterocycles. The van der Waals surface area contributed by atoms with Crippen LogP contribution < -0.4 is 0 Å². The molecule has 1 saturated carbocycles. The third kappa shape index (κ3) is 2.89. The van der Waals surface area contributed by atoms with E-state index < -0.39 is 9.84 Å². The first kappa shape index (κ1) is 10.9. The quantitative estimate of drug-likeness (QED) is 0.661. The summed E-state index contributed by atoms with van der Waals surface area (Å²) < 4.78 is 22.7. The van der Waals surface area contributed by atoms with Crippen LogP contribution in [0.15, 0.2) is 0 Å². The fraction of sp³-hybridized carbons (Fsp3) is 0.875. The number of hydrogen-bond donors (Lipinski definition) is 0. The second-order valence-corrected chi connectivity index (χ2v) is 6.69. The molecule has 0 N–H and O–H groups in total. The lowest BCUT2D eigenvalue weighted by Gasteiger charge is -2.27. The van der Waals surface area contributed by atoms with Gasteiger partial charge in [0.25, 0.3) is 0 Å². The molecule has 0 bridgehead atoms. The number of nitrogens with zero attached hydrogens (tertiary/aromatic N) is 1. The molecule has 0 amide bonds. The van der Waals surface area contributed by atoms with Crippen LogP contribution >= 0.6 is 11.8 Å². The Balaban J connectivity index is 2.74. The summed E-state index contributed by atoms with van der Waals surface area (Å²) in [6, 6.07) is 0. The number of thioether (sulfide) groups is 1. The molecule has 0 heterocycles. The summed E-state index contributed by atoms with van der Waals surface area (Å²) >= 11 is 1.11. The number of rotatable bonds is 2. The molecule has 1 rings (SSSR count). The van der Waals surface area contributed by atoms with Crippen LogP contribution in [0.25, 0.3) is 0 Å². The van der Waals surface area contributed by atoms with Crippen LogP contribution in [0.2, 0.25) is 0 Å². The summed E-state index contributed by atoms with van der Waals surface area (Å²) in [5.41, 5.74) is 0. The third-order valence-corrected chi connectivity index (χ3v) is 5.20. The average Bonchev–Trinajstić information content (AvgIpc) is 2.04. The van der Waals surface area contributed by atoms with Crippen LogP contribution in [-0.2, 0) is 9.84 Å². The minimum atomic E-state index is -2.97. The van der Waals surface area contributed by atoms with Crippen molar-refractivity contribution in [1.29, 1.82) is 5.26 Å². The van der Waals surface area contributed by atoms with Crippen molar-refractivity contribution >= 4 is 21.6 Å². The highest BCUT2D eigenvalue weighted by Crippen LogP contribution is 2.32. The summed E-state index contributed by atoms with van der Waals surface area (Å²) in [7, 11) is -2.97. The van der Waals surface area contributed by atoms with Gasteiger partial charge in [0, 0.05) is 11.5 Å².